The van der Waals surface area contributed by atoms with Crippen molar-refractivity contribution in [2.75, 3.05) is 19.6 Å². The minimum absolute atomic E-state index is 0.295. The molecular formula is C16H23N3OS. The zero-order valence-corrected chi connectivity index (χ0v) is 14.0. The number of hydrogen-bond donors (Lipinski definition) is 0. The summed E-state index contributed by atoms with van der Waals surface area (Å²) in [4.78, 5) is 5.79. The second-order valence-electron chi connectivity index (χ2n) is 5.96. The van der Waals surface area contributed by atoms with Gasteiger partial charge in [0.25, 0.3) is 0 Å². The highest BCUT2D eigenvalue weighted by Crippen LogP contribution is 2.37. The van der Waals surface area contributed by atoms with Crippen LogP contribution in [0.3, 0.4) is 0 Å². The molecule has 0 bridgehead atoms. The summed E-state index contributed by atoms with van der Waals surface area (Å²) in [6.07, 6.45) is 2.90. The maximum absolute atomic E-state index is 5.82. The Kier molecular flexibility index (Phi) is 4.36. The van der Waals surface area contributed by atoms with Crippen molar-refractivity contribution in [3.63, 3.8) is 0 Å². The summed E-state index contributed by atoms with van der Waals surface area (Å²) < 4.78 is 8.17. The second-order valence-corrected chi connectivity index (χ2v) is 7.01. The molecule has 2 aliphatic heterocycles. The minimum Gasteiger partial charge on any atom is -0.373 e. The molecule has 3 heterocycles. The lowest BCUT2D eigenvalue weighted by Crippen LogP contribution is -2.50. The molecule has 2 aliphatic rings. The summed E-state index contributed by atoms with van der Waals surface area (Å²) in [5, 5.41) is 2.41. The first-order chi connectivity index (χ1) is 10.0. The lowest BCUT2D eigenvalue weighted by molar-refractivity contribution is -0.110. The quantitative estimate of drug-likeness (QED) is 0.783. The van der Waals surface area contributed by atoms with Crippen molar-refractivity contribution in [1.29, 1.82) is 0 Å². The number of rotatable bonds is 2. The smallest absolute Gasteiger partial charge is 0.0692 e. The highest BCUT2D eigenvalue weighted by atomic mass is 32.2. The van der Waals surface area contributed by atoms with E-state index in [1.54, 1.807) is 0 Å². The predicted molar refractivity (Wildman–Crippen MR) is 87.6 cm³/mol. The Balaban J connectivity index is 1.69. The summed E-state index contributed by atoms with van der Waals surface area (Å²) in [5.74, 6) is 0. The number of ether oxygens (including phenoxy) is 1. The molecule has 0 saturated carbocycles. The van der Waals surface area contributed by atoms with Gasteiger partial charge in [0.05, 0.1) is 12.2 Å². The summed E-state index contributed by atoms with van der Waals surface area (Å²) in [5.41, 5.74) is 3.44. The summed E-state index contributed by atoms with van der Waals surface area (Å²) >= 11 is 1.83. The van der Waals surface area contributed by atoms with Crippen LogP contribution in [-0.4, -0.2) is 46.2 Å². The van der Waals surface area contributed by atoms with Crippen LogP contribution in [0, 0.1) is 13.8 Å². The van der Waals surface area contributed by atoms with Crippen LogP contribution < -0.4 is 0 Å². The summed E-state index contributed by atoms with van der Waals surface area (Å²) in [6.45, 7) is 11.3. The third-order valence-corrected chi connectivity index (χ3v) is 4.91. The fourth-order valence-electron chi connectivity index (χ4n) is 3.00. The van der Waals surface area contributed by atoms with Crippen molar-refractivity contribution >= 4 is 16.9 Å². The van der Waals surface area contributed by atoms with Gasteiger partial charge in [0, 0.05) is 35.9 Å². The molecule has 1 fully saturated rings. The van der Waals surface area contributed by atoms with Crippen LogP contribution >= 0.6 is 11.9 Å². The van der Waals surface area contributed by atoms with Crippen molar-refractivity contribution < 1.29 is 4.74 Å². The molecule has 3 rings (SSSR count). The summed E-state index contributed by atoms with van der Waals surface area (Å²) in [7, 11) is 0. The van der Waals surface area contributed by atoms with Crippen molar-refractivity contribution in [2.45, 2.75) is 39.9 Å². The Morgan fingerprint density at radius 3 is 2.38 bits per heavy atom. The third-order valence-electron chi connectivity index (χ3n) is 3.72. The number of pyridine rings is 1. The number of aromatic nitrogens is 1. The van der Waals surface area contributed by atoms with Gasteiger partial charge in [0.2, 0.25) is 0 Å². The number of morpholine rings is 1. The van der Waals surface area contributed by atoms with E-state index in [2.05, 4.69) is 60.3 Å². The van der Waals surface area contributed by atoms with Gasteiger partial charge in [-0.05, 0) is 57.3 Å². The minimum atomic E-state index is 0.295. The Morgan fingerprint density at radius 1 is 1.14 bits per heavy atom. The van der Waals surface area contributed by atoms with Crippen LogP contribution in [0.1, 0.15) is 30.8 Å². The largest absolute Gasteiger partial charge is 0.373 e. The van der Waals surface area contributed by atoms with Crippen LogP contribution in [0.5, 0.6) is 0 Å². The van der Waals surface area contributed by atoms with Gasteiger partial charge in [-0.15, -0.1) is 0 Å². The number of hydrazine groups is 1. The van der Waals surface area contributed by atoms with E-state index in [0.717, 1.165) is 31.0 Å². The SMILES string of the molecule is Cc1cc(C2=CCN(N3C[C@@H](C)O[C@@H](C)C3)S2)cc(C)n1. The molecule has 1 aromatic heterocycles. The van der Waals surface area contributed by atoms with E-state index in [1.165, 1.54) is 10.5 Å². The first-order valence-electron chi connectivity index (χ1n) is 7.53. The molecule has 1 aromatic rings. The zero-order chi connectivity index (χ0) is 15.0. The fourth-order valence-corrected chi connectivity index (χ4v) is 4.00. The molecule has 0 amide bonds. The van der Waals surface area contributed by atoms with Gasteiger partial charge in [0.1, 0.15) is 0 Å². The van der Waals surface area contributed by atoms with Crippen molar-refractivity contribution in [2.24, 2.45) is 0 Å². The molecule has 5 heteroatoms. The van der Waals surface area contributed by atoms with E-state index in [0.29, 0.717) is 12.2 Å². The topological polar surface area (TPSA) is 28.6 Å². The fraction of sp³-hybridized carbons (Fsp3) is 0.562. The van der Waals surface area contributed by atoms with Crippen molar-refractivity contribution in [3.8, 4) is 0 Å². The van der Waals surface area contributed by atoms with Crippen LogP contribution in [0.4, 0.5) is 0 Å². The zero-order valence-electron chi connectivity index (χ0n) is 13.2. The molecule has 0 spiro atoms. The highest BCUT2D eigenvalue weighted by Gasteiger charge is 2.29. The number of hydrogen-bond acceptors (Lipinski definition) is 5. The Morgan fingerprint density at radius 2 is 1.76 bits per heavy atom. The molecule has 114 valence electrons. The standard InChI is InChI=1S/C16H23N3OS/c1-11-7-15(8-12(2)17-11)16-5-6-19(21-16)18-9-13(3)20-14(4)10-18/h5,7-8,13-14H,6,9-10H2,1-4H3/t13-,14+. The maximum atomic E-state index is 5.82. The normalized spacial score (nSPS) is 27.9. The van der Waals surface area contributed by atoms with Gasteiger partial charge in [-0.1, -0.05) is 6.08 Å². The monoisotopic (exact) mass is 305 g/mol. The van der Waals surface area contributed by atoms with Crippen LogP contribution in [-0.2, 0) is 4.74 Å². The van der Waals surface area contributed by atoms with Gasteiger partial charge >= 0.3 is 0 Å². The molecule has 0 unspecified atom stereocenters. The van der Waals surface area contributed by atoms with Gasteiger partial charge in [-0.2, -0.15) is 4.41 Å². The van der Waals surface area contributed by atoms with Gasteiger partial charge in [0.15, 0.2) is 0 Å². The van der Waals surface area contributed by atoms with E-state index in [9.17, 15) is 0 Å². The van der Waals surface area contributed by atoms with E-state index in [4.69, 9.17) is 4.74 Å². The molecule has 0 N–H and O–H groups in total. The Hall–Kier alpha value is -0.880. The number of nitrogens with zero attached hydrogens (tertiary/aromatic N) is 3. The van der Waals surface area contributed by atoms with Crippen LogP contribution in [0.2, 0.25) is 0 Å². The Bertz CT molecular complexity index is 530. The van der Waals surface area contributed by atoms with E-state index in [1.807, 2.05) is 11.9 Å². The summed E-state index contributed by atoms with van der Waals surface area (Å²) in [6, 6.07) is 4.33. The molecule has 0 aliphatic carbocycles. The highest BCUT2D eigenvalue weighted by molar-refractivity contribution is 8.06. The molecule has 21 heavy (non-hydrogen) atoms. The van der Waals surface area contributed by atoms with Crippen LogP contribution in [0.15, 0.2) is 18.2 Å². The average molecular weight is 305 g/mol. The number of aryl methyl sites for hydroxylation is 2. The van der Waals surface area contributed by atoms with Gasteiger partial charge in [-0.25, -0.2) is 5.01 Å². The molecule has 4 nitrogen and oxygen atoms in total. The molecule has 0 radical (unpaired) electrons. The Labute approximate surface area is 131 Å². The first-order valence-corrected chi connectivity index (χ1v) is 8.30. The lowest BCUT2D eigenvalue weighted by Gasteiger charge is -2.39. The maximum Gasteiger partial charge on any atom is 0.0692 e. The second kappa shape index (κ2) is 6.08. The molecule has 0 aromatic carbocycles. The van der Waals surface area contributed by atoms with Gasteiger partial charge < -0.3 is 4.74 Å². The average Bonchev–Trinajstić information content (AvgIpc) is 2.85. The molecular weight excluding hydrogens is 282 g/mol. The first kappa shape index (κ1) is 15.0. The van der Waals surface area contributed by atoms with Crippen molar-refractivity contribution in [3.05, 3.63) is 35.2 Å². The van der Waals surface area contributed by atoms with Crippen LogP contribution in [0.25, 0.3) is 4.91 Å². The van der Waals surface area contributed by atoms with E-state index in [-0.39, 0.29) is 0 Å². The lowest BCUT2D eigenvalue weighted by atomic mass is 10.2. The van der Waals surface area contributed by atoms with Crippen molar-refractivity contribution in [1.82, 2.24) is 14.4 Å². The van der Waals surface area contributed by atoms with E-state index >= 15 is 0 Å². The molecule has 2 atom stereocenters. The van der Waals surface area contributed by atoms with Gasteiger partial charge in [-0.3, -0.25) is 4.98 Å². The van der Waals surface area contributed by atoms with E-state index < -0.39 is 0 Å². The predicted octanol–water partition coefficient (Wildman–Crippen LogP) is 3.03. The molecule has 1 saturated heterocycles. The third kappa shape index (κ3) is 3.48.